The second kappa shape index (κ2) is 11.9. The van der Waals surface area contributed by atoms with E-state index in [2.05, 4.69) is 11.4 Å². The van der Waals surface area contributed by atoms with Gasteiger partial charge >= 0.3 is 18.1 Å². The van der Waals surface area contributed by atoms with Crippen molar-refractivity contribution in [3.63, 3.8) is 0 Å². The fourth-order valence-electron chi connectivity index (χ4n) is 5.48. The van der Waals surface area contributed by atoms with Crippen molar-refractivity contribution in [1.82, 2.24) is 5.32 Å². The maximum Gasteiger partial charge on any atom is 0.490 e. The molecule has 4 atom stereocenters. The molecule has 2 aromatic rings. The summed E-state index contributed by atoms with van der Waals surface area (Å²) in [5, 5.41) is 31.4. The Morgan fingerprint density at radius 3 is 2.16 bits per heavy atom. The van der Waals surface area contributed by atoms with Crippen molar-refractivity contribution in [2.75, 3.05) is 0 Å². The summed E-state index contributed by atoms with van der Waals surface area (Å²) >= 11 is 12.1. The number of hydrogen-bond donors (Lipinski definition) is 3. The Morgan fingerprint density at radius 2 is 1.66 bits per heavy atom. The highest BCUT2D eigenvalue weighted by molar-refractivity contribution is 6.31. The molecule has 2 fully saturated rings. The molecule has 1 aliphatic heterocycles. The van der Waals surface area contributed by atoms with Crippen LogP contribution in [0.15, 0.2) is 42.5 Å². The minimum atomic E-state index is -5.08. The second-order valence-electron chi connectivity index (χ2n) is 9.33. The Kier molecular flexibility index (Phi) is 9.29. The number of halogens is 6. The number of hydrogen-bond acceptors (Lipinski definition) is 4. The Balaban J connectivity index is 0.000000505. The molecule has 0 aromatic heterocycles. The highest BCUT2D eigenvalue weighted by Gasteiger charge is 2.60. The molecule has 4 rings (SSSR count). The van der Waals surface area contributed by atoms with Gasteiger partial charge in [-0.2, -0.15) is 18.4 Å². The molecule has 1 saturated carbocycles. The van der Waals surface area contributed by atoms with Crippen LogP contribution in [0.5, 0.6) is 0 Å². The molecule has 0 bridgehead atoms. The topological polar surface area (TPSA) is 110 Å². The summed E-state index contributed by atoms with van der Waals surface area (Å²) in [7, 11) is 0. The van der Waals surface area contributed by atoms with Crippen molar-refractivity contribution in [3.05, 3.63) is 69.5 Å². The van der Waals surface area contributed by atoms with Crippen molar-refractivity contribution < 1.29 is 37.4 Å². The number of nitrogens with one attached hydrogen (secondary N) is 1. The molecule has 1 saturated heterocycles. The van der Waals surface area contributed by atoms with Crippen LogP contribution in [0.4, 0.5) is 17.6 Å². The summed E-state index contributed by atoms with van der Waals surface area (Å²) in [4.78, 5) is 21.2. The van der Waals surface area contributed by atoms with E-state index in [0.717, 1.165) is 25.7 Å². The number of alkyl halides is 3. The summed E-state index contributed by atoms with van der Waals surface area (Å²) in [6, 6.07) is 12.3. The van der Waals surface area contributed by atoms with Gasteiger partial charge in [-0.1, -0.05) is 73.2 Å². The predicted molar refractivity (Wildman–Crippen MR) is 132 cm³/mol. The molecule has 2 aromatic carbocycles. The van der Waals surface area contributed by atoms with E-state index in [1.54, 1.807) is 30.3 Å². The van der Waals surface area contributed by atoms with Crippen LogP contribution in [0.1, 0.15) is 49.1 Å². The summed E-state index contributed by atoms with van der Waals surface area (Å²) in [5.41, 5.74) is -0.525. The monoisotopic (exact) mass is 574 g/mol. The zero-order valence-electron chi connectivity index (χ0n) is 19.8. The Labute approximate surface area is 226 Å². The number of nitriles is 1. The number of benzene rings is 2. The van der Waals surface area contributed by atoms with Gasteiger partial charge in [0.25, 0.3) is 0 Å². The molecule has 0 radical (unpaired) electrons. The van der Waals surface area contributed by atoms with E-state index in [-0.39, 0.29) is 10.6 Å². The summed E-state index contributed by atoms with van der Waals surface area (Å²) < 4.78 is 46.9. The van der Waals surface area contributed by atoms with Gasteiger partial charge in [0.1, 0.15) is 17.3 Å². The standard InChI is InChI=1S/C24H23Cl2FN2O2.C2HF3O2/c25-16-10-8-15(9-11-16)24(13-28)19(12-14-4-1-2-5-14)29-22(23(30)31)20(24)17-6-3-7-18(26)21(17)27;3-2(4,5)1(6)7/h3,6-11,14,19-20,22,29H,1-2,4-5,12H2,(H,30,31);(H,6,7). The minimum absolute atomic E-state index is 0.0937. The first-order valence-electron chi connectivity index (χ1n) is 11.7. The molecular formula is C26H24Cl2F4N2O4. The predicted octanol–water partition coefficient (Wildman–Crippen LogP) is 6.32. The molecule has 1 heterocycles. The number of aliphatic carboxylic acids is 2. The van der Waals surface area contributed by atoms with Crippen LogP contribution in [-0.4, -0.2) is 40.4 Å². The molecule has 6 nitrogen and oxygen atoms in total. The van der Waals surface area contributed by atoms with E-state index in [0.29, 0.717) is 22.9 Å². The quantitative estimate of drug-likeness (QED) is 0.360. The molecule has 38 heavy (non-hydrogen) atoms. The van der Waals surface area contributed by atoms with Gasteiger partial charge in [0.15, 0.2) is 0 Å². The smallest absolute Gasteiger partial charge is 0.480 e. The largest absolute Gasteiger partial charge is 0.490 e. The third-order valence-electron chi connectivity index (χ3n) is 7.13. The van der Waals surface area contributed by atoms with Gasteiger partial charge < -0.3 is 10.2 Å². The lowest BCUT2D eigenvalue weighted by Crippen LogP contribution is -2.43. The number of rotatable bonds is 5. The first-order chi connectivity index (χ1) is 17.8. The number of carboxylic acid groups (broad SMARTS) is 2. The summed E-state index contributed by atoms with van der Waals surface area (Å²) in [6.07, 6.45) is -0.0691. The van der Waals surface area contributed by atoms with E-state index in [1.807, 2.05) is 0 Å². The van der Waals surface area contributed by atoms with Gasteiger partial charge in [0, 0.05) is 17.0 Å². The average molecular weight is 575 g/mol. The van der Waals surface area contributed by atoms with Crippen LogP contribution in [0, 0.1) is 23.1 Å². The van der Waals surface area contributed by atoms with E-state index >= 15 is 4.39 Å². The highest BCUT2D eigenvalue weighted by atomic mass is 35.5. The van der Waals surface area contributed by atoms with Crippen LogP contribution in [0.3, 0.4) is 0 Å². The molecule has 3 N–H and O–H groups in total. The highest BCUT2D eigenvalue weighted by Crippen LogP contribution is 2.52. The first-order valence-corrected chi connectivity index (χ1v) is 12.5. The van der Waals surface area contributed by atoms with Gasteiger partial charge in [-0.25, -0.2) is 9.18 Å². The Hall–Kier alpha value is -2.87. The molecular weight excluding hydrogens is 551 g/mol. The Morgan fingerprint density at radius 1 is 1.08 bits per heavy atom. The zero-order valence-corrected chi connectivity index (χ0v) is 21.3. The van der Waals surface area contributed by atoms with Crippen molar-refractivity contribution in [2.24, 2.45) is 5.92 Å². The first kappa shape index (κ1) is 29.7. The summed E-state index contributed by atoms with van der Waals surface area (Å²) in [5.74, 6) is -5.12. The second-order valence-corrected chi connectivity index (χ2v) is 10.2. The fourth-order valence-corrected chi connectivity index (χ4v) is 5.78. The lowest BCUT2D eigenvalue weighted by Gasteiger charge is -2.35. The molecule has 0 spiro atoms. The molecule has 4 unspecified atom stereocenters. The van der Waals surface area contributed by atoms with E-state index in [1.165, 1.54) is 12.1 Å². The molecule has 12 heteroatoms. The van der Waals surface area contributed by atoms with E-state index in [9.17, 15) is 28.3 Å². The van der Waals surface area contributed by atoms with Gasteiger partial charge in [0.2, 0.25) is 0 Å². The SMILES string of the molecule is N#CC1(c2ccc(Cl)cc2)C(CC2CCCC2)NC(C(=O)O)C1c1cccc(Cl)c1F.O=C(O)C(F)(F)F. The molecule has 0 amide bonds. The van der Waals surface area contributed by atoms with Crippen molar-refractivity contribution >= 4 is 35.1 Å². The molecule has 2 aliphatic rings. The zero-order chi connectivity index (χ0) is 28.3. The molecule has 204 valence electrons. The van der Waals surface area contributed by atoms with E-state index < -0.39 is 47.3 Å². The van der Waals surface area contributed by atoms with Crippen LogP contribution in [0.2, 0.25) is 10.0 Å². The van der Waals surface area contributed by atoms with Gasteiger partial charge in [-0.15, -0.1) is 0 Å². The van der Waals surface area contributed by atoms with Crippen LogP contribution >= 0.6 is 23.2 Å². The van der Waals surface area contributed by atoms with Crippen LogP contribution in [-0.2, 0) is 15.0 Å². The van der Waals surface area contributed by atoms with Gasteiger partial charge in [-0.3, -0.25) is 10.1 Å². The number of nitrogens with zero attached hydrogens (tertiary/aromatic N) is 1. The molecule has 1 aliphatic carbocycles. The average Bonchev–Trinajstić information content (AvgIpc) is 3.48. The van der Waals surface area contributed by atoms with Crippen molar-refractivity contribution in [3.8, 4) is 6.07 Å². The fraction of sp³-hybridized carbons (Fsp3) is 0.423. The summed E-state index contributed by atoms with van der Waals surface area (Å²) in [6.45, 7) is 0. The minimum Gasteiger partial charge on any atom is -0.480 e. The lowest BCUT2D eigenvalue weighted by molar-refractivity contribution is -0.192. The van der Waals surface area contributed by atoms with Crippen LogP contribution in [0.25, 0.3) is 0 Å². The normalized spacial score (nSPS) is 25.3. The van der Waals surface area contributed by atoms with Gasteiger partial charge in [-0.05, 0) is 41.7 Å². The maximum atomic E-state index is 15.2. The van der Waals surface area contributed by atoms with Crippen molar-refractivity contribution in [1.29, 1.82) is 5.26 Å². The van der Waals surface area contributed by atoms with E-state index in [4.69, 9.17) is 33.1 Å². The Bertz CT molecular complexity index is 1210. The number of carbonyl (C=O) groups is 2. The van der Waals surface area contributed by atoms with Crippen LogP contribution < -0.4 is 5.32 Å². The lowest BCUT2D eigenvalue weighted by atomic mass is 9.63. The maximum absolute atomic E-state index is 15.2. The number of carboxylic acids is 2. The van der Waals surface area contributed by atoms with Gasteiger partial charge in [0.05, 0.1) is 11.1 Å². The van der Waals surface area contributed by atoms with Crippen molar-refractivity contribution in [2.45, 2.75) is 61.7 Å². The third-order valence-corrected chi connectivity index (χ3v) is 7.67. The third kappa shape index (κ3) is 6.06.